The first-order valence-electron chi connectivity index (χ1n) is 5.99. The number of aliphatic hydroxyl groups is 1. The maximum atomic E-state index is 9.22. The third kappa shape index (κ3) is 3.81. The Morgan fingerprint density at radius 1 is 1.29 bits per heavy atom. The van der Waals surface area contributed by atoms with Gasteiger partial charge < -0.3 is 9.52 Å². The predicted octanol–water partition coefficient (Wildman–Crippen LogP) is 4.63. The van der Waals surface area contributed by atoms with E-state index in [4.69, 9.17) is 4.42 Å². The average molecular weight is 234 g/mol. The van der Waals surface area contributed by atoms with Crippen molar-refractivity contribution in [2.75, 3.05) is 0 Å². The van der Waals surface area contributed by atoms with Gasteiger partial charge >= 0.3 is 0 Å². The highest BCUT2D eigenvalue weighted by Crippen LogP contribution is 2.20. The van der Waals surface area contributed by atoms with Crippen molar-refractivity contribution in [2.24, 2.45) is 0 Å². The lowest BCUT2D eigenvalue weighted by atomic mass is 10.00. The lowest BCUT2D eigenvalue weighted by Crippen LogP contribution is -1.91. The van der Waals surface area contributed by atoms with Gasteiger partial charge in [0.15, 0.2) is 0 Å². The van der Waals surface area contributed by atoms with Crippen LogP contribution in [0.3, 0.4) is 0 Å². The largest absolute Gasteiger partial charge is 0.513 e. The quantitative estimate of drug-likeness (QED) is 0.608. The Labute approximate surface area is 104 Å². The number of hydrogen-bond acceptors (Lipinski definition) is 2. The molecule has 0 atom stereocenters. The Hall–Kier alpha value is -1.44. The molecule has 0 bridgehead atoms. The summed E-state index contributed by atoms with van der Waals surface area (Å²) >= 11 is 0. The summed E-state index contributed by atoms with van der Waals surface area (Å²) in [4.78, 5) is 0. The van der Waals surface area contributed by atoms with E-state index in [2.05, 4.69) is 13.8 Å². The van der Waals surface area contributed by atoms with Gasteiger partial charge in [-0.1, -0.05) is 5.57 Å². The van der Waals surface area contributed by atoms with E-state index >= 15 is 0 Å². The zero-order valence-electron chi connectivity index (χ0n) is 11.4. The summed E-state index contributed by atoms with van der Waals surface area (Å²) in [6.07, 6.45) is 5.62. The van der Waals surface area contributed by atoms with Crippen molar-refractivity contribution < 1.29 is 9.52 Å². The van der Waals surface area contributed by atoms with E-state index in [9.17, 15) is 5.11 Å². The van der Waals surface area contributed by atoms with Gasteiger partial charge in [0.1, 0.15) is 5.76 Å². The normalized spacial score (nSPS) is 13.8. The van der Waals surface area contributed by atoms with Gasteiger partial charge in [0.2, 0.25) is 0 Å². The molecule has 2 heteroatoms. The molecule has 0 amide bonds. The van der Waals surface area contributed by atoms with Crippen LogP contribution in [0.25, 0.3) is 0 Å². The van der Waals surface area contributed by atoms with Gasteiger partial charge in [-0.05, 0) is 70.2 Å². The molecular formula is C15H22O2. The fourth-order valence-electron chi connectivity index (χ4n) is 1.92. The average Bonchev–Trinajstić information content (AvgIpc) is 2.54. The topological polar surface area (TPSA) is 33.4 Å². The Bertz CT molecular complexity index is 424. The summed E-state index contributed by atoms with van der Waals surface area (Å²) < 4.78 is 5.38. The van der Waals surface area contributed by atoms with Crippen LogP contribution in [0.5, 0.6) is 0 Å². The molecule has 0 unspecified atom stereocenters. The van der Waals surface area contributed by atoms with E-state index in [-0.39, 0.29) is 0 Å². The van der Waals surface area contributed by atoms with Crippen LogP contribution in [-0.2, 0) is 6.42 Å². The number of allylic oxidation sites excluding steroid dienone is 4. The van der Waals surface area contributed by atoms with E-state index in [1.54, 1.807) is 6.92 Å². The van der Waals surface area contributed by atoms with Crippen molar-refractivity contribution >= 4 is 0 Å². The van der Waals surface area contributed by atoms with Crippen LogP contribution in [-0.4, -0.2) is 5.11 Å². The second-order valence-corrected chi connectivity index (χ2v) is 4.70. The van der Waals surface area contributed by atoms with Crippen LogP contribution in [0, 0.1) is 13.8 Å². The van der Waals surface area contributed by atoms with Crippen LogP contribution in [0.15, 0.2) is 33.7 Å². The molecule has 0 radical (unpaired) electrons. The van der Waals surface area contributed by atoms with Crippen LogP contribution in [0.4, 0.5) is 0 Å². The predicted molar refractivity (Wildman–Crippen MR) is 71.3 cm³/mol. The van der Waals surface area contributed by atoms with Crippen molar-refractivity contribution in [2.45, 2.75) is 47.5 Å². The zero-order chi connectivity index (χ0) is 13.0. The summed E-state index contributed by atoms with van der Waals surface area (Å²) in [5.41, 5.74) is 4.98. The van der Waals surface area contributed by atoms with Crippen molar-refractivity contribution in [1.29, 1.82) is 0 Å². The van der Waals surface area contributed by atoms with E-state index in [0.29, 0.717) is 5.76 Å². The van der Waals surface area contributed by atoms with Crippen molar-refractivity contribution in [3.63, 3.8) is 0 Å². The van der Waals surface area contributed by atoms with Crippen LogP contribution >= 0.6 is 0 Å². The van der Waals surface area contributed by atoms with Gasteiger partial charge in [0.05, 0.1) is 12.0 Å². The molecule has 0 aliphatic rings. The minimum Gasteiger partial charge on any atom is -0.513 e. The van der Waals surface area contributed by atoms with Gasteiger partial charge in [-0.25, -0.2) is 0 Å². The molecule has 0 saturated carbocycles. The van der Waals surface area contributed by atoms with Crippen LogP contribution in [0.2, 0.25) is 0 Å². The molecular weight excluding hydrogens is 212 g/mol. The minimum absolute atomic E-state index is 0.359. The molecule has 0 fully saturated rings. The third-order valence-electron chi connectivity index (χ3n) is 3.16. The van der Waals surface area contributed by atoms with Crippen molar-refractivity contribution in [3.05, 3.63) is 46.1 Å². The van der Waals surface area contributed by atoms with Crippen LogP contribution in [0.1, 0.15) is 44.1 Å². The minimum atomic E-state index is 0.359. The molecule has 0 saturated heterocycles. The number of aliphatic hydroxyl groups excluding tert-OH is 1. The van der Waals surface area contributed by atoms with Crippen molar-refractivity contribution in [1.82, 2.24) is 0 Å². The summed E-state index contributed by atoms with van der Waals surface area (Å²) in [7, 11) is 0. The number of rotatable bonds is 4. The second kappa shape index (κ2) is 5.76. The first-order chi connectivity index (χ1) is 7.91. The lowest BCUT2D eigenvalue weighted by Gasteiger charge is -2.05. The molecule has 17 heavy (non-hydrogen) atoms. The Morgan fingerprint density at radius 2 is 1.94 bits per heavy atom. The maximum absolute atomic E-state index is 9.22. The molecule has 1 aromatic heterocycles. The fourth-order valence-corrected chi connectivity index (χ4v) is 1.92. The molecule has 1 aromatic rings. The smallest absolute Gasteiger partial charge is 0.104 e. The summed E-state index contributed by atoms with van der Waals surface area (Å²) in [5.74, 6) is 1.37. The Balaban J connectivity index is 2.72. The second-order valence-electron chi connectivity index (χ2n) is 4.70. The highest BCUT2D eigenvalue weighted by Gasteiger charge is 2.07. The highest BCUT2D eigenvalue weighted by molar-refractivity contribution is 5.29. The van der Waals surface area contributed by atoms with Gasteiger partial charge in [-0.15, -0.1) is 0 Å². The van der Waals surface area contributed by atoms with E-state index in [1.165, 1.54) is 16.7 Å². The van der Waals surface area contributed by atoms with Gasteiger partial charge in [0.25, 0.3) is 0 Å². The first kappa shape index (κ1) is 13.6. The number of furan rings is 1. The highest BCUT2D eigenvalue weighted by atomic mass is 16.3. The maximum Gasteiger partial charge on any atom is 0.104 e. The molecule has 1 N–H and O–H groups in total. The number of aryl methyl sites for hydroxylation is 2. The van der Waals surface area contributed by atoms with Gasteiger partial charge in [-0.2, -0.15) is 0 Å². The van der Waals surface area contributed by atoms with E-state index < -0.39 is 0 Å². The molecule has 0 aliphatic heterocycles. The Morgan fingerprint density at radius 3 is 2.41 bits per heavy atom. The summed E-state index contributed by atoms with van der Waals surface area (Å²) in [6, 6.07) is 0. The molecule has 2 nitrogen and oxygen atoms in total. The van der Waals surface area contributed by atoms with E-state index in [1.807, 2.05) is 26.2 Å². The van der Waals surface area contributed by atoms with Crippen molar-refractivity contribution in [3.8, 4) is 0 Å². The van der Waals surface area contributed by atoms with Crippen LogP contribution < -0.4 is 0 Å². The molecule has 1 rings (SSSR count). The molecule has 94 valence electrons. The summed E-state index contributed by atoms with van der Waals surface area (Å²) in [5, 5.41) is 9.22. The van der Waals surface area contributed by atoms with Gasteiger partial charge in [-0.3, -0.25) is 0 Å². The fraction of sp³-hybridized carbons (Fsp3) is 0.467. The third-order valence-corrected chi connectivity index (χ3v) is 3.16. The first-order valence-corrected chi connectivity index (χ1v) is 5.99. The monoisotopic (exact) mass is 234 g/mol. The standard InChI is InChI=1S/C15H22O2/c1-10(11(2)8-13(4)16)6-7-15-12(3)9-17-14(15)5/h8-9,16H,6-7H2,1-5H3/b11-10+,13-8-. The van der Waals surface area contributed by atoms with Gasteiger partial charge in [0, 0.05) is 0 Å². The number of hydrogen-bond donors (Lipinski definition) is 1. The SMILES string of the molecule is C/C(O)=C/C(C)=C(\C)CCc1c(C)coc1C. The Kier molecular flexibility index (Phi) is 4.62. The molecule has 0 aromatic carbocycles. The van der Waals surface area contributed by atoms with E-state index in [0.717, 1.165) is 24.2 Å². The molecule has 1 heterocycles. The zero-order valence-corrected chi connectivity index (χ0v) is 11.4. The lowest BCUT2D eigenvalue weighted by molar-refractivity contribution is 0.414. The molecule has 0 aliphatic carbocycles. The molecule has 0 spiro atoms. The summed E-state index contributed by atoms with van der Waals surface area (Å²) in [6.45, 7) is 9.92.